The van der Waals surface area contributed by atoms with E-state index in [0.717, 1.165) is 22.6 Å². The summed E-state index contributed by atoms with van der Waals surface area (Å²) < 4.78 is 11.0. The first-order valence-corrected chi connectivity index (χ1v) is 8.76. The average Bonchev–Trinajstić information content (AvgIpc) is 2.67. The molecular formula is C20H25N3O3. The highest BCUT2D eigenvalue weighted by Crippen LogP contribution is 2.25. The summed E-state index contributed by atoms with van der Waals surface area (Å²) in [6.45, 7) is 4.02. The van der Waals surface area contributed by atoms with Crippen LogP contribution in [0.15, 0.2) is 36.4 Å². The summed E-state index contributed by atoms with van der Waals surface area (Å²) in [4.78, 5) is 19.3. The molecule has 3 rings (SSSR count). The average molecular weight is 355 g/mol. The molecule has 1 aliphatic rings. The van der Waals surface area contributed by atoms with Crippen molar-refractivity contribution in [3.05, 3.63) is 58.9 Å². The van der Waals surface area contributed by atoms with Gasteiger partial charge in [0.05, 0.1) is 25.5 Å². The fraction of sp³-hybridized carbons (Fsp3) is 0.400. The highest BCUT2D eigenvalue weighted by molar-refractivity contribution is 5.94. The number of rotatable bonds is 5. The minimum atomic E-state index is -0.221. The zero-order valence-corrected chi connectivity index (χ0v) is 15.5. The second kappa shape index (κ2) is 8.29. The van der Waals surface area contributed by atoms with E-state index in [1.807, 2.05) is 55.3 Å². The number of ether oxygens (including phenoxy) is 2. The summed E-state index contributed by atoms with van der Waals surface area (Å²) >= 11 is 0. The zero-order chi connectivity index (χ0) is 18.5. The summed E-state index contributed by atoms with van der Waals surface area (Å²) in [6, 6.07) is 11.5. The van der Waals surface area contributed by atoms with Crippen molar-refractivity contribution in [2.45, 2.75) is 19.6 Å². The number of amides is 1. The zero-order valence-electron chi connectivity index (χ0n) is 15.5. The Hall–Kier alpha value is -2.44. The molecule has 0 aliphatic carbocycles. The Morgan fingerprint density at radius 3 is 3.00 bits per heavy atom. The molecule has 1 aromatic carbocycles. The van der Waals surface area contributed by atoms with Crippen LogP contribution in [0, 0.1) is 6.92 Å². The van der Waals surface area contributed by atoms with Gasteiger partial charge in [0.1, 0.15) is 6.10 Å². The van der Waals surface area contributed by atoms with Gasteiger partial charge in [0.25, 0.3) is 5.91 Å². The standard InChI is InChI=1S/C20H25N3O3/c1-14-9-17(21-2)11-18(22-14)19-12-23(7-8-26-19)20(24)16-6-4-5-15(10-16)13-25-3/h4-6,9-11,19H,7-8,12-13H2,1-3H3,(H,21,22). The fourth-order valence-electron chi connectivity index (χ4n) is 3.16. The van der Waals surface area contributed by atoms with E-state index < -0.39 is 0 Å². The maximum atomic E-state index is 12.9. The predicted molar refractivity (Wildman–Crippen MR) is 100 cm³/mol. The van der Waals surface area contributed by atoms with Gasteiger partial charge in [-0.1, -0.05) is 12.1 Å². The van der Waals surface area contributed by atoms with Crippen LogP contribution in [-0.2, 0) is 16.1 Å². The van der Waals surface area contributed by atoms with Crippen molar-refractivity contribution in [3.63, 3.8) is 0 Å². The van der Waals surface area contributed by atoms with Gasteiger partial charge < -0.3 is 19.7 Å². The molecule has 2 aromatic rings. The van der Waals surface area contributed by atoms with Crippen LogP contribution >= 0.6 is 0 Å². The Balaban J connectivity index is 1.77. The second-order valence-corrected chi connectivity index (χ2v) is 6.42. The molecule has 1 saturated heterocycles. The highest BCUT2D eigenvalue weighted by Gasteiger charge is 2.27. The Morgan fingerprint density at radius 1 is 1.38 bits per heavy atom. The number of carbonyl (C=O) groups excluding carboxylic acids is 1. The van der Waals surface area contributed by atoms with E-state index in [-0.39, 0.29) is 12.0 Å². The number of hydrogen-bond donors (Lipinski definition) is 1. The highest BCUT2D eigenvalue weighted by atomic mass is 16.5. The summed E-state index contributed by atoms with van der Waals surface area (Å²) in [6.07, 6.45) is -0.221. The number of pyridine rings is 1. The van der Waals surface area contributed by atoms with Crippen LogP contribution in [0.4, 0.5) is 5.69 Å². The number of aromatic nitrogens is 1. The third-order valence-electron chi connectivity index (χ3n) is 4.43. The monoisotopic (exact) mass is 355 g/mol. The number of morpholine rings is 1. The molecule has 0 bridgehead atoms. The van der Waals surface area contributed by atoms with Crippen LogP contribution in [0.3, 0.4) is 0 Å². The number of hydrogen-bond acceptors (Lipinski definition) is 5. The summed E-state index contributed by atoms with van der Waals surface area (Å²) in [5, 5.41) is 3.14. The van der Waals surface area contributed by atoms with E-state index in [9.17, 15) is 4.79 Å². The molecule has 0 radical (unpaired) electrons. The Labute approximate surface area is 154 Å². The number of anilines is 1. The van der Waals surface area contributed by atoms with E-state index in [1.54, 1.807) is 7.11 Å². The van der Waals surface area contributed by atoms with Crippen molar-refractivity contribution in [1.82, 2.24) is 9.88 Å². The normalized spacial score (nSPS) is 17.2. The first-order chi connectivity index (χ1) is 12.6. The molecule has 138 valence electrons. The third kappa shape index (κ3) is 4.20. The van der Waals surface area contributed by atoms with Crippen molar-refractivity contribution in [3.8, 4) is 0 Å². The van der Waals surface area contributed by atoms with Crippen LogP contribution in [0.5, 0.6) is 0 Å². The first-order valence-electron chi connectivity index (χ1n) is 8.76. The number of aryl methyl sites for hydroxylation is 1. The lowest BCUT2D eigenvalue weighted by molar-refractivity contribution is -0.0247. The number of benzene rings is 1. The topological polar surface area (TPSA) is 63.7 Å². The first kappa shape index (κ1) is 18.4. The van der Waals surface area contributed by atoms with Gasteiger partial charge in [0.15, 0.2) is 0 Å². The summed E-state index contributed by atoms with van der Waals surface area (Å²) in [5.74, 6) is 0.0118. The summed E-state index contributed by atoms with van der Waals surface area (Å²) in [5.41, 5.74) is 4.42. The molecule has 1 unspecified atom stereocenters. The van der Waals surface area contributed by atoms with Gasteiger partial charge in [-0.3, -0.25) is 9.78 Å². The van der Waals surface area contributed by atoms with Crippen molar-refractivity contribution in [2.24, 2.45) is 0 Å². The van der Waals surface area contributed by atoms with Crippen molar-refractivity contribution < 1.29 is 14.3 Å². The van der Waals surface area contributed by atoms with Gasteiger partial charge in [-0.15, -0.1) is 0 Å². The van der Waals surface area contributed by atoms with E-state index in [0.29, 0.717) is 31.9 Å². The molecule has 1 amide bonds. The molecule has 0 spiro atoms. The summed E-state index contributed by atoms with van der Waals surface area (Å²) in [7, 11) is 3.53. The number of carbonyl (C=O) groups is 1. The van der Waals surface area contributed by atoms with Gasteiger partial charge in [-0.05, 0) is 36.8 Å². The molecule has 1 N–H and O–H groups in total. The van der Waals surface area contributed by atoms with Crippen LogP contribution in [0.1, 0.15) is 33.4 Å². The second-order valence-electron chi connectivity index (χ2n) is 6.42. The van der Waals surface area contributed by atoms with Crippen LogP contribution in [-0.4, -0.2) is 49.6 Å². The molecule has 1 aliphatic heterocycles. The maximum Gasteiger partial charge on any atom is 0.254 e. The molecule has 2 heterocycles. The van der Waals surface area contributed by atoms with E-state index in [2.05, 4.69) is 10.3 Å². The minimum Gasteiger partial charge on any atom is -0.388 e. The van der Waals surface area contributed by atoms with Gasteiger partial charge in [-0.25, -0.2) is 0 Å². The maximum absolute atomic E-state index is 12.9. The lowest BCUT2D eigenvalue weighted by atomic mass is 10.1. The molecule has 26 heavy (non-hydrogen) atoms. The van der Waals surface area contributed by atoms with Crippen molar-refractivity contribution >= 4 is 11.6 Å². The number of nitrogens with zero attached hydrogens (tertiary/aromatic N) is 2. The molecule has 6 heteroatoms. The Morgan fingerprint density at radius 2 is 2.23 bits per heavy atom. The molecular weight excluding hydrogens is 330 g/mol. The number of methoxy groups -OCH3 is 1. The number of nitrogens with one attached hydrogen (secondary N) is 1. The lowest BCUT2D eigenvalue weighted by Crippen LogP contribution is -2.42. The molecule has 1 atom stereocenters. The van der Waals surface area contributed by atoms with Gasteiger partial charge in [-0.2, -0.15) is 0 Å². The Bertz CT molecular complexity index is 779. The molecule has 6 nitrogen and oxygen atoms in total. The fourth-order valence-corrected chi connectivity index (χ4v) is 3.16. The van der Waals surface area contributed by atoms with E-state index >= 15 is 0 Å². The lowest BCUT2D eigenvalue weighted by Gasteiger charge is -2.33. The predicted octanol–water partition coefficient (Wildman–Crippen LogP) is 2.79. The molecule has 1 fully saturated rings. The largest absolute Gasteiger partial charge is 0.388 e. The van der Waals surface area contributed by atoms with Crippen LogP contribution in [0.2, 0.25) is 0 Å². The van der Waals surface area contributed by atoms with E-state index in [1.165, 1.54) is 0 Å². The van der Waals surface area contributed by atoms with Gasteiger partial charge in [0, 0.05) is 37.6 Å². The Kier molecular flexibility index (Phi) is 5.85. The SMILES string of the molecule is CNc1cc(C)nc(C2CN(C(=O)c3cccc(COC)c3)CCO2)c1. The molecule has 1 aromatic heterocycles. The van der Waals surface area contributed by atoms with Gasteiger partial charge in [0.2, 0.25) is 0 Å². The van der Waals surface area contributed by atoms with Crippen LogP contribution in [0.25, 0.3) is 0 Å². The van der Waals surface area contributed by atoms with Crippen LogP contribution < -0.4 is 5.32 Å². The quantitative estimate of drug-likeness (QED) is 0.893. The van der Waals surface area contributed by atoms with Crippen molar-refractivity contribution in [1.29, 1.82) is 0 Å². The van der Waals surface area contributed by atoms with Crippen molar-refractivity contribution in [2.75, 3.05) is 39.2 Å². The minimum absolute atomic E-state index is 0.0118. The molecule has 0 saturated carbocycles. The third-order valence-corrected chi connectivity index (χ3v) is 4.43. The van der Waals surface area contributed by atoms with E-state index in [4.69, 9.17) is 9.47 Å². The smallest absolute Gasteiger partial charge is 0.254 e. The van der Waals surface area contributed by atoms with Gasteiger partial charge >= 0.3 is 0 Å².